The zero-order valence-electron chi connectivity index (χ0n) is 9.37. The molecular formula is C11H8F4N2OS. The first-order chi connectivity index (χ1) is 8.85. The first-order valence-electron chi connectivity index (χ1n) is 5.05. The number of nitrogen functional groups attached to an aromatic ring is 1. The summed E-state index contributed by atoms with van der Waals surface area (Å²) < 4.78 is 53.8. The van der Waals surface area contributed by atoms with Crippen LogP contribution in [0.5, 0.6) is 5.75 Å². The van der Waals surface area contributed by atoms with Crippen molar-refractivity contribution in [2.75, 3.05) is 12.3 Å². The molecule has 2 aromatic rings. The van der Waals surface area contributed by atoms with Gasteiger partial charge in [0, 0.05) is 10.9 Å². The minimum Gasteiger partial charge on any atom is -0.481 e. The van der Waals surface area contributed by atoms with Crippen molar-refractivity contribution in [2.24, 2.45) is 0 Å². The second-order valence-corrected chi connectivity index (χ2v) is 4.51. The van der Waals surface area contributed by atoms with Gasteiger partial charge in [0.1, 0.15) is 0 Å². The number of halogens is 4. The molecule has 2 rings (SSSR count). The van der Waals surface area contributed by atoms with Crippen LogP contribution in [-0.4, -0.2) is 17.8 Å². The molecule has 0 atom stereocenters. The number of ether oxygens (including phenoxy) is 1. The lowest BCUT2D eigenvalue weighted by atomic mass is 10.1. The number of nitrogens with two attached hydrogens (primary N) is 1. The third-order valence-corrected chi connectivity index (χ3v) is 2.81. The number of hydrogen-bond acceptors (Lipinski definition) is 4. The third kappa shape index (κ3) is 3.57. The predicted octanol–water partition coefficient (Wildman–Crippen LogP) is 3.47. The molecule has 0 amide bonds. The average Bonchev–Trinajstić information content (AvgIpc) is 2.73. The Hall–Kier alpha value is -1.83. The van der Waals surface area contributed by atoms with Crippen molar-refractivity contribution in [1.82, 2.24) is 4.98 Å². The van der Waals surface area contributed by atoms with E-state index in [0.29, 0.717) is 16.4 Å². The van der Waals surface area contributed by atoms with Crippen LogP contribution in [0, 0.1) is 5.82 Å². The number of anilines is 1. The molecule has 0 aliphatic carbocycles. The summed E-state index contributed by atoms with van der Waals surface area (Å²) in [5.41, 5.74) is 6.33. The molecule has 0 aliphatic rings. The number of nitrogens with zero attached hydrogens (tertiary/aromatic N) is 1. The minimum atomic E-state index is -4.51. The van der Waals surface area contributed by atoms with Gasteiger partial charge in [-0.15, -0.1) is 11.3 Å². The van der Waals surface area contributed by atoms with Gasteiger partial charge in [0.15, 0.2) is 23.3 Å². The fourth-order valence-electron chi connectivity index (χ4n) is 1.36. The summed E-state index contributed by atoms with van der Waals surface area (Å²) in [4.78, 5) is 3.95. The van der Waals surface area contributed by atoms with Gasteiger partial charge in [0.05, 0.1) is 5.69 Å². The molecule has 1 aromatic carbocycles. The van der Waals surface area contributed by atoms with Crippen LogP contribution < -0.4 is 10.5 Å². The van der Waals surface area contributed by atoms with E-state index < -0.39 is 24.3 Å². The maximum absolute atomic E-state index is 13.6. The standard InChI is InChI=1S/C11H8F4N2OS/c12-7-3-6(8-4-19-10(16)17-8)1-2-9(7)18-5-11(13,14)15/h1-4H,5H2,(H2,16,17). The van der Waals surface area contributed by atoms with Crippen LogP contribution in [0.3, 0.4) is 0 Å². The van der Waals surface area contributed by atoms with Crippen molar-refractivity contribution in [2.45, 2.75) is 6.18 Å². The van der Waals surface area contributed by atoms with Gasteiger partial charge in [0.2, 0.25) is 0 Å². The third-order valence-electron chi connectivity index (χ3n) is 2.14. The Bertz CT molecular complexity index is 582. The van der Waals surface area contributed by atoms with Crippen molar-refractivity contribution in [1.29, 1.82) is 0 Å². The Morgan fingerprint density at radius 1 is 1.32 bits per heavy atom. The van der Waals surface area contributed by atoms with E-state index in [4.69, 9.17) is 5.73 Å². The lowest BCUT2D eigenvalue weighted by Gasteiger charge is -2.10. The zero-order valence-corrected chi connectivity index (χ0v) is 10.2. The summed E-state index contributed by atoms with van der Waals surface area (Å²) in [6, 6.07) is 3.61. The number of benzene rings is 1. The summed E-state index contributed by atoms with van der Waals surface area (Å²) in [5, 5.41) is 1.95. The van der Waals surface area contributed by atoms with Crippen molar-refractivity contribution in [3.63, 3.8) is 0 Å². The van der Waals surface area contributed by atoms with Gasteiger partial charge in [-0.25, -0.2) is 9.37 Å². The monoisotopic (exact) mass is 292 g/mol. The molecule has 0 saturated carbocycles. The topological polar surface area (TPSA) is 48.1 Å². The molecule has 0 saturated heterocycles. The van der Waals surface area contributed by atoms with Crippen LogP contribution >= 0.6 is 11.3 Å². The summed E-state index contributed by atoms with van der Waals surface area (Å²) in [6.07, 6.45) is -4.51. The summed E-state index contributed by atoms with van der Waals surface area (Å²) in [7, 11) is 0. The largest absolute Gasteiger partial charge is 0.481 e. The zero-order chi connectivity index (χ0) is 14.0. The second kappa shape index (κ2) is 5.04. The fourth-order valence-corrected chi connectivity index (χ4v) is 1.93. The Morgan fingerprint density at radius 2 is 2.05 bits per heavy atom. The van der Waals surface area contributed by atoms with E-state index in [1.807, 2.05) is 0 Å². The molecule has 0 unspecified atom stereocenters. The number of thiazole rings is 1. The van der Waals surface area contributed by atoms with E-state index >= 15 is 0 Å². The van der Waals surface area contributed by atoms with E-state index in [2.05, 4.69) is 9.72 Å². The molecule has 3 nitrogen and oxygen atoms in total. The molecule has 0 radical (unpaired) electrons. The van der Waals surface area contributed by atoms with Gasteiger partial charge in [0.25, 0.3) is 0 Å². The minimum absolute atomic E-state index is 0.327. The van der Waals surface area contributed by atoms with E-state index in [0.717, 1.165) is 12.1 Å². The van der Waals surface area contributed by atoms with Gasteiger partial charge in [-0.1, -0.05) is 0 Å². The van der Waals surface area contributed by atoms with E-state index in [-0.39, 0.29) is 0 Å². The molecule has 0 spiro atoms. The quantitative estimate of drug-likeness (QED) is 0.881. The molecular weight excluding hydrogens is 284 g/mol. The molecule has 2 N–H and O–H groups in total. The maximum atomic E-state index is 13.6. The van der Waals surface area contributed by atoms with Crippen LogP contribution in [-0.2, 0) is 0 Å². The van der Waals surface area contributed by atoms with E-state index in [1.165, 1.54) is 17.4 Å². The van der Waals surface area contributed by atoms with Crippen LogP contribution in [0.2, 0.25) is 0 Å². The van der Waals surface area contributed by atoms with Crippen LogP contribution in [0.15, 0.2) is 23.6 Å². The number of alkyl halides is 3. The molecule has 1 heterocycles. The van der Waals surface area contributed by atoms with Crippen LogP contribution in [0.25, 0.3) is 11.3 Å². The summed E-state index contributed by atoms with van der Waals surface area (Å²) >= 11 is 1.19. The van der Waals surface area contributed by atoms with Crippen LogP contribution in [0.1, 0.15) is 0 Å². The number of hydrogen-bond donors (Lipinski definition) is 1. The molecule has 0 bridgehead atoms. The first kappa shape index (κ1) is 13.6. The Morgan fingerprint density at radius 3 is 2.58 bits per heavy atom. The highest BCUT2D eigenvalue weighted by Gasteiger charge is 2.28. The molecule has 102 valence electrons. The lowest BCUT2D eigenvalue weighted by molar-refractivity contribution is -0.153. The van der Waals surface area contributed by atoms with Crippen molar-refractivity contribution < 1.29 is 22.3 Å². The Kier molecular flexibility index (Phi) is 3.61. The van der Waals surface area contributed by atoms with Gasteiger partial charge in [-0.3, -0.25) is 0 Å². The van der Waals surface area contributed by atoms with Gasteiger partial charge in [-0.05, 0) is 18.2 Å². The molecule has 1 aromatic heterocycles. The van der Waals surface area contributed by atoms with Crippen molar-refractivity contribution in [3.8, 4) is 17.0 Å². The second-order valence-electron chi connectivity index (χ2n) is 3.62. The predicted molar refractivity (Wildman–Crippen MR) is 63.5 cm³/mol. The number of aromatic nitrogens is 1. The van der Waals surface area contributed by atoms with E-state index in [1.54, 1.807) is 5.38 Å². The lowest BCUT2D eigenvalue weighted by Crippen LogP contribution is -2.19. The number of rotatable bonds is 3. The summed E-state index contributed by atoms with van der Waals surface area (Å²) in [5.74, 6) is -1.34. The average molecular weight is 292 g/mol. The van der Waals surface area contributed by atoms with Crippen molar-refractivity contribution in [3.05, 3.63) is 29.4 Å². The fraction of sp³-hybridized carbons (Fsp3) is 0.182. The highest BCUT2D eigenvalue weighted by atomic mass is 32.1. The first-order valence-corrected chi connectivity index (χ1v) is 5.93. The SMILES string of the molecule is Nc1nc(-c2ccc(OCC(F)(F)F)c(F)c2)cs1. The van der Waals surface area contributed by atoms with Gasteiger partial charge in [-0.2, -0.15) is 13.2 Å². The van der Waals surface area contributed by atoms with Crippen molar-refractivity contribution >= 4 is 16.5 Å². The Balaban J connectivity index is 2.18. The maximum Gasteiger partial charge on any atom is 0.422 e. The molecule has 19 heavy (non-hydrogen) atoms. The van der Waals surface area contributed by atoms with Crippen LogP contribution in [0.4, 0.5) is 22.7 Å². The van der Waals surface area contributed by atoms with E-state index in [9.17, 15) is 17.6 Å². The van der Waals surface area contributed by atoms with Gasteiger partial charge >= 0.3 is 6.18 Å². The smallest absolute Gasteiger partial charge is 0.422 e. The highest BCUT2D eigenvalue weighted by molar-refractivity contribution is 7.13. The van der Waals surface area contributed by atoms with Gasteiger partial charge < -0.3 is 10.5 Å². The molecule has 8 heteroatoms. The molecule has 0 fully saturated rings. The highest BCUT2D eigenvalue weighted by Crippen LogP contribution is 2.28. The summed E-state index contributed by atoms with van der Waals surface area (Å²) in [6.45, 7) is -1.53. The Labute approximate surface area is 109 Å². The molecule has 0 aliphatic heterocycles. The normalized spacial score (nSPS) is 11.6.